The van der Waals surface area contributed by atoms with Crippen molar-refractivity contribution in [3.63, 3.8) is 0 Å². The van der Waals surface area contributed by atoms with Crippen molar-refractivity contribution in [2.45, 2.75) is 25.8 Å². The first-order chi connectivity index (χ1) is 10.00. The molecule has 3 heterocycles. The lowest BCUT2D eigenvalue weighted by atomic mass is 10.2. The van der Waals surface area contributed by atoms with Gasteiger partial charge >= 0.3 is 0 Å². The molecular formula is C13H22N4O3S. The van der Waals surface area contributed by atoms with Crippen LogP contribution in [0.25, 0.3) is 0 Å². The lowest BCUT2D eigenvalue weighted by Crippen LogP contribution is -2.48. The van der Waals surface area contributed by atoms with Gasteiger partial charge in [-0.25, -0.2) is 4.98 Å². The van der Waals surface area contributed by atoms with Gasteiger partial charge in [-0.3, -0.25) is 0 Å². The smallest absolute Gasteiger partial charge is 0.282 e. The molecule has 3 rings (SSSR count). The highest BCUT2D eigenvalue weighted by atomic mass is 32.2. The molecule has 1 atom stereocenters. The number of rotatable bonds is 3. The quantitative estimate of drug-likeness (QED) is 0.812. The predicted octanol–water partition coefficient (Wildman–Crippen LogP) is 0.442. The lowest BCUT2D eigenvalue weighted by Gasteiger charge is -2.32. The molecule has 7 nitrogen and oxygen atoms in total. The Balaban J connectivity index is 1.88. The molecule has 2 aliphatic heterocycles. The van der Waals surface area contributed by atoms with Crippen molar-refractivity contribution in [2.75, 3.05) is 32.8 Å². The molecule has 0 amide bonds. The Hall–Kier alpha value is -0.960. The molecule has 1 aromatic heterocycles. The van der Waals surface area contributed by atoms with Crippen molar-refractivity contribution in [1.82, 2.24) is 18.2 Å². The zero-order valence-electron chi connectivity index (χ0n) is 12.5. The normalized spacial score (nSPS) is 25.5. The summed E-state index contributed by atoms with van der Waals surface area (Å²) in [7, 11) is -1.51. The molecule has 2 saturated heterocycles. The number of hydrogen-bond acceptors (Lipinski definition) is 4. The van der Waals surface area contributed by atoms with Crippen LogP contribution in [0.4, 0.5) is 0 Å². The van der Waals surface area contributed by atoms with E-state index in [1.807, 2.05) is 24.7 Å². The van der Waals surface area contributed by atoms with Gasteiger partial charge in [0.15, 0.2) is 0 Å². The second kappa shape index (κ2) is 5.68. The number of hydrogen-bond donors (Lipinski definition) is 0. The summed E-state index contributed by atoms with van der Waals surface area (Å²) in [5.74, 6) is 0.835. The van der Waals surface area contributed by atoms with E-state index in [4.69, 9.17) is 4.74 Å². The second-order valence-corrected chi connectivity index (χ2v) is 7.52. The van der Waals surface area contributed by atoms with Crippen molar-refractivity contribution in [3.05, 3.63) is 17.7 Å². The van der Waals surface area contributed by atoms with Gasteiger partial charge in [-0.15, -0.1) is 0 Å². The molecule has 1 aromatic rings. The Morgan fingerprint density at radius 1 is 1.29 bits per heavy atom. The summed E-state index contributed by atoms with van der Waals surface area (Å²) in [6.07, 6.45) is 3.64. The van der Waals surface area contributed by atoms with E-state index in [0.29, 0.717) is 32.8 Å². The van der Waals surface area contributed by atoms with Crippen LogP contribution in [0.3, 0.4) is 0 Å². The average molecular weight is 314 g/mol. The minimum atomic E-state index is -3.43. The third kappa shape index (κ3) is 2.73. The van der Waals surface area contributed by atoms with E-state index < -0.39 is 10.2 Å². The molecular weight excluding hydrogens is 292 g/mol. The topological polar surface area (TPSA) is 67.7 Å². The fraction of sp³-hybridized carbons (Fsp3) is 0.769. The fourth-order valence-corrected chi connectivity index (χ4v) is 4.93. The Bertz CT molecular complexity index is 607. The highest BCUT2D eigenvalue weighted by molar-refractivity contribution is 7.86. The van der Waals surface area contributed by atoms with Crippen LogP contribution in [0.5, 0.6) is 0 Å². The van der Waals surface area contributed by atoms with E-state index in [1.54, 1.807) is 4.31 Å². The Morgan fingerprint density at radius 3 is 2.62 bits per heavy atom. The number of imidazole rings is 1. The molecule has 0 aromatic carbocycles. The highest BCUT2D eigenvalue weighted by Crippen LogP contribution is 2.34. The third-order valence-electron chi connectivity index (χ3n) is 4.13. The van der Waals surface area contributed by atoms with Gasteiger partial charge in [-0.05, 0) is 19.8 Å². The van der Waals surface area contributed by atoms with Crippen molar-refractivity contribution in [2.24, 2.45) is 7.05 Å². The molecule has 8 heteroatoms. The van der Waals surface area contributed by atoms with Gasteiger partial charge in [0, 0.05) is 32.9 Å². The first-order valence-electron chi connectivity index (χ1n) is 7.34. The van der Waals surface area contributed by atoms with Crippen LogP contribution < -0.4 is 0 Å². The van der Waals surface area contributed by atoms with Gasteiger partial charge in [0.25, 0.3) is 10.2 Å². The van der Waals surface area contributed by atoms with Crippen LogP contribution in [0.2, 0.25) is 0 Å². The Kier molecular flexibility index (Phi) is 4.04. The zero-order valence-corrected chi connectivity index (χ0v) is 13.3. The van der Waals surface area contributed by atoms with Crippen molar-refractivity contribution in [1.29, 1.82) is 0 Å². The molecule has 21 heavy (non-hydrogen) atoms. The van der Waals surface area contributed by atoms with Crippen molar-refractivity contribution < 1.29 is 13.2 Å². The maximum Gasteiger partial charge on any atom is 0.282 e. The van der Waals surface area contributed by atoms with E-state index in [1.165, 1.54) is 4.31 Å². The number of aryl methyl sites for hydroxylation is 2. The minimum absolute atomic E-state index is 0.156. The number of ether oxygens (including phenoxy) is 1. The molecule has 1 unspecified atom stereocenters. The number of morpholine rings is 1. The van der Waals surface area contributed by atoms with Crippen LogP contribution in [0.15, 0.2) is 6.20 Å². The molecule has 0 spiro atoms. The summed E-state index contributed by atoms with van der Waals surface area (Å²) in [5.41, 5.74) is 0.920. The van der Waals surface area contributed by atoms with Crippen LogP contribution >= 0.6 is 0 Å². The van der Waals surface area contributed by atoms with Gasteiger partial charge in [-0.2, -0.15) is 17.0 Å². The van der Waals surface area contributed by atoms with E-state index in [9.17, 15) is 8.42 Å². The molecule has 118 valence electrons. The fourth-order valence-electron chi connectivity index (χ4n) is 3.14. The summed E-state index contributed by atoms with van der Waals surface area (Å²) < 4.78 is 36.0. The standard InChI is InChI=1S/C13H22N4O3S/c1-11-10-15(2)13(14-11)12-4-3-5-17(12)21(18,19)16-6-8-20-9-7-16/h10,12H,3-9H2,1-2H3. The van der Waals surface area contributed by atoms with Gasteiger partial charge in [0.2, 0.25) is 0 Å². The maximum absolute atomic E-state index is 12.8. The van der Waals surface area contributed by atoms with Gasteiger partial charge in [0.05, 0.1) is 24.9 Å². The maximum atomic E-state index is 12.8. The monoisotopic (exact) mass is 314 g/mol. The van der Waals surface area contributed by atoms with Gasteiger partial charge < -0.3 is 9.30 Å². The molecule has 2 aliphatic rings. The average Bonchev–Trinajstić information content (AvgIpc) is 3.06. The van der Waals surface area contributed by atoms with E-state index >= 15 is 0 Å². The summed E-state index contributed by atoms with van der Waals surface area (Å²) in [6, 6.07) is -0.156. The zero-order chi connectivity index (χ0) is 15.0. The summed E-state index contributed by atoms with van der Waals surface area (Å²) in [5, 5.41) is 0. The first-order valence-corrected chi connectivity index (χ1v) is 8.74. The minimum Gasteiger partial charge on any atom is -0.379 e. The van der Waals surface area contributed by atoms with Crippen LogP contribution in [-0.4, -0.2) is 59.4 Å². The number of nitrogens with zero attached hydrogens (tertiary/aromatic N) is 4. The molecule has 2 fully saturated rings. The van der Waals surface area contributed by atoms with E-state index in [0.717, 1.165) is 24.4 Å². The van der Waals surface area contributed by atoms with Crippen LogP contribution in [0, 0.1) is 6.92 Å². The number of aromatic nitrogens is 2. The molecule has 0 bridgehead atoms. The molecule has 0 saturated carbocycles. The summed E-state index contributed by atoms with van der Waals surface area (Å²) in [6.45, 7) is 4.31. The summed E-state index contributed by atoms with van der Waals surface area (Å²) in [4.78, 5) is 4.51. The molecule has 0 aliphatic carbocycles. The van der Waals surface area contributed by atoms with Crippen molar-refractivity contribution in [3.8, 4) is 0 Å². The Morgan fingerprint density at radius 2 is 2.00 bits per heavy atom. The Labute approximate surface area is 125 Å². The van der Waals surface area contributed by atoms with Crippen molar-refractivity contribution >= 4 is 10.2 Å². The van der Waals surface area contributed by atoms with Crippen LogP contribution in [0.1, 0.15) is 30.4 Å². The van der Waals surface area contributed by atoms with Crippen LogP contribution in [-0.2, 0) is 22.0 Å². The molecule has 0 N–H and O–H groups in total. The largest absolute Gasteiger partial charge is 0.379 e. The van der Waals surface area contributed by atoms with Gasteiger partial charge in [-0.1, -0.05) is 0 Å². The van der Waals surface area contributed by atoms with E-state index in [-0.39, 0.29) is 6.04 Å². The van der Waals surface area contributed by atoms with Gasteiger partial charge in [0.1, 0.15) is 5.82 Å². The third-order valence-corrected chi connectivity index (χ3v) is 6.17. The SMILES string of the molecule is Cc1cn(C)c(C2CCCN2S(=O)(=O)N2CCOCC2)n1. The highest BCUT2D eigenvalue weighted by Gasteiger charge is 2.40. The second-order valence-electron chi connectivity index (χ2n) is 5.64. The summed E-state index contributed by atoms with van der Waals surface area (Å²) >= 11 is 0. The molecule has 0 radical (unpaired) electrons. The predicted molar refractivity (Wildman–Crippen MR) is 77.9 cm³/mol. The first kappa shape index (κ1) is 15.0. The van der Waals surface area contributed by atoms with E-state index in [2.05, 4.69) is 4.98 Å². The lowest BCUT2D eigenvalue weighted by molar-refractivity contribution is 0.0698.